The lowest BCUT2D eigenvalue weighted by atomic mass is 10.1. The highest BCUT2D eigenvalue weighted by molar-refractivity contribution is 6.24. The van der Waals surface area contributed by atoms with Crippen LogP contribution in [0, 0.1) is 6.92 Å². The normalized spacial score (nSPS) is 14.0. The first kappa shape index (κ1) is 24.0. The molecule has 0 bridgehead atoms. The van der Waals surface area contributed by atoms with Gasteiger partial charge in [0.25, 0.3) is 11.5 Å². The van der Waals surface area contributed by atoms with E-state index in [1.165, 1.54) is 30.6 Å². The van der Waals surface area contributed by atoms with Crippen LogP contribution in [0.15, 0.2) is 59.8 Å². The molecule has 0 spiro atoms. The maximum absolute atomic E-state index is 13.3. The van der Waals surface area contributed by atoms with Crippen molar-refractivity contribution in [2.45, 2.75) is 31.9 Å². The molecule has 4 rings (SSSR count). The van der Waals surface area contributed by atoms with Crippen LogP contribution in [-0.4, -0.2) is 33.2 Å². The minimum Gasteiger partial charge on any atom is -0.482 e. The van der Waals surface area contributed by atoms with Crippen molar-refractivity contribution >= 4 is 17.2 Å². The van der Waals surface area contributed by atoms with E-state index in [-0.39, 0.29) is 22.7 Å². The van der Waals surface area contributed by atoms with Gasteiger partial charge in [0.05, 0.1) is 28.8 Å². The van der Waals surface area contributed by atoms with Gasteiger partial charge in [-0.15, -0.1) is 0 Å². The number of alkyl halides is 3. The lowest BCUT2D eigenvalue weighted by Crippen LogP contribution is -2.28. The molecule has 1 fully saturated rings. The zero-order valence-corrected chi connectivity index (χ0v) is 18.7. The standard InChI is InChI=1S/C24H22F3N5O3/c1-14-12-32(19-4-2-3-5-20(19)35-13-24(25,26)27)23(34)21(30-14)17(10-28)22(33)31-16-8-9-18(29-11-16)15-6-7-15/h2-5,8-12,15H,6-7,13,28H2,1H3,(H,31,33). The fourth-order valence-corrected chi connectivity index (χ4v) is 3.47. The molecule has 3 aromatic rings. The number of hydrogen-bond acceptors (Lipinski definition) is 6. The van der Waals surface area contributed by atoms with Gasteiger partial charge in [0.2, 0.25) is 0 Å². The molecule has 0 aliphatic heterocycles. The minimum atomic E-state index is -4.56. The summed E-state index contributed by atoms with van der Waals surface area (Å²) in [5.41, 5.74) is 6.22. The van der Waals surface area contributed by atoms with E-state index in [9.17, 15) is 22.8 Å². The summed E-state index contributed by atoms with van der Waals surface area (Å²) in [6.07, 6.45) is 1.45. The number of rotatable bonds is 7. The van der Waals surface area contributed by atoms with Crippen molar-refractivity contribution in [2.75, 3.05) is 11.9 Å². The monoisotopic (exact) mass is 485 g/mol. The number of carbonyl (C=O) groups is 1. The molecule has 1 saturated carbocycles. The van der Waals surface area contributed by atoms with Gasteiger partial charge in [-0.2, -0.15) is 13.2 Å². The molecule has 11 heteroatoms. The predicted molar refractivity (Wildman–Crippen MR) is 123 cm³/mol. The van der Waals surface area contributed by atoms with Crippen molar-refractivity contribution < 1.29 is 22.7 Å². The molecule has 2 aromatic heterocycles. The first-order chi connectivity index (χ1) is 16.7. The maximum Gasteiger partial charge on any atom is 0.422 e. The zero-order chi connectivity index (χ0) is 25.2. The van der Waals surface area contributed by atoms with E-state index < -0.39 is 24.2 Å². The van der Waals surface area contributed by atoms with Gasteiger partial charge in [-0.3, -0.25) is 19.1 Å². The lowest BCUT2D eigenvalue weighted by Gasteiger charge is -2.16. The van der Waals surface area contributed by atoms with E-state index in [4.69, 9.17) is 10.5 Å². The number of carbonyl (C=O) groups excluding carboxylic acids is 1. The fraction of sp³-hybridized carbons (Fsp3) is 0.250. The molecule has 0 unspecified atom stereocenters. The van der Waals surface area contributed by atoms with Crippen molar-refractivity contribution in [3.8, 4) is 11.4 Å². The van der Waals surface area contributed by atoms with Crippen LogP contribution in [0.1, 0.15) is 35.8 Å². The molecule has 1 aliphatic carbocycles. The molecule has 2 heterocycles. The molecule has 35 heavy (non-hydrogen) atoms. The van der Waals surface area contributed by atoms with E-state index >= 15 is 0 Å². The molecule has 0 atom stereocenters. The van der Waals surface area contributed by atoms with E-state index in [0.29, 0.717) is 17.3 Å². The second-order valence-corrected chi connectivity index (χ2v) is 8.06. The van der Waals surface area contributed by atoms with Gasteiger partial charge in [-0.05, 0) is 44.0 Å². The SMILES string of the molecule is Cc1cn(-c2ccccc2OCC(F)(F)F)c(=O)c(C(=CN)C(=O)Nc2ccc(C3CC3)nc2)n1. The van der Waals surface area contributed by atoms with Gasteiger partial charge < -0.3 is 15.8 Å². The number of anilines is 1. The van der Waals surface area contributed by atoms with Crippen LogP contribution in [0.3, 0.4) is 0 Å². The highest BCUT2D eigenvalue weighted by Gasteiger charge is 2.29. The third-order valence-electron chi connectivity index (χ3n) is 5.25. The van der Waals surface area contributed by atoms with Crippen LogP contribution in [-0.2, 0) is 4.79 Å². The van der Waals surface area contributed by atoms with Crippen LogP contribution in [0.5, 0.6) is 5.75 Å². The van der Waals surface area contributed by atoms with Crippen molar-refractivity contribution in [1.82, 2.24) is 14.5 Å². The van der Waals surface area contributed by atoms with Crippen LogP contribution in [0.25, 0.3) is 11.3 Å². The van der Waals surface area contributed by atoms with Gasteiger partial charge in [0.15, 0.2) is 6.61 Å². The van der Waals surface area contributed by atoms with Gasteiger partial charge in [-0.1, -0.05) is 12.1 Å². The number of halogens is 3. The fourth-order valence-electron chi connectivity index (χ4n) is 3.47. The average Bonchev–Trinajstić information content (AvgIpc) is 3.66. The Bertz CT molecular complexity index is 1330. The number of amides is 1. The Kier molecular flexibility index (Phi) is 6.59. The Morgan fingerprint density at radius 3 is 2.63 bits per heavy atom. The van der Waals surface area contributed by atoms with Gasteiger partial charge in [0, 0.05) is 24.0 Å². The molecular formula is C24H22F3N5O3. The van der Waals surface area contributed by atoms with E-state index in [2.05, 4.69) is 15.3 Å². The van der Waals surface area contributed by atoms with E-state index in [1.807, 2.05) is 6.07 Å². The molecule has 1 amide bonds. The van der Waals surface area contributed by atoms with Gasteiger partial charge in [-0.25, -0.2) is 4.98 Å². The largest absolute Gasteiger partial charge is 0.482 e. The quantitative estimate of drug-likeness (QED) is 0.494. The smallest absolute Gasteiger partial charge is 0.422 e. The molecular weight excluding hydrogens is 463 g/mol. The number of ether oxygens (including phenoxy) is 1. The van der Waals surface area contributed by atoms with Crippen molar-refractivity contribution in [1.29, 1.82) is 0 Å². The number of hydrogen-bond donors (Lipinski definition) is 2. The number of para-hydroxylation sites is 2. The summed E-state index contributed by atoms with van der Waals surface area (Å²) < 4.78 is 44.1. The van der Waals surface area contributed by atoms with Crippen molar-refractivity contribution in [2.24, 2.45) is 5.73 Å². The lowest BCUT2D eigenvalue weighted by molar-refractivity contribution is -0.153. The van der Waals surface area contributed by atoms with Crippen LogP contribution < -0.4 is 21.3 Å². The molecule has 182 valence electrons. The summed E-state index contributed by atoms with van der Waals surface area (Å²) in [5, 5.41) is 2.64. The summed E-state index contributed by atoms with van der Waals surface area (Å²) in [6.45, 7) is 0.0464. The second-order valence-electron chi connectivity index (χ2n) is 8.06. The summed E-state index contributed by atoms with van der Waals surface area (Å²) in [6, 6.07) is 9.31. The number of nitrogens with zero attached hydrogens (tertiary/aromatic N) is 3. The van der Waals surface area contributed by atoms with E-state index in [1.54, 1.807) is 19.1 Å². The Balaban J connectivity index is 1.65. The summed E-state index contributed by atoms with van der Waals surface area (Å²) in [7, 11) is 0. The summed E-state index contributed by atoms with van der Waals surface area (Å²) in [5.74, 6) is -0.387. The number of pyridine rings is 1. The molecule has 0 saturated heterocycles. The highest BCUT2D eigenvalue weighted by atomic mass is 19.4. The third kappa shape index (κ3) is 5.68. The molecule has 1 aromatic carbocycles. The van der Waals surface area contributed by atoms with Gasteiger partial charge in [0.1, 0.15) is 11.4 Å². The highest BCUT2D eigenvalue weighted by Crippen LogP contribution is 2.39. The maximum atomic E-state index is 13.3. The number of nitrogens with one attached hydrogen (secondary N) is 1. The first-order valence-electron chi connectivity index (χ1n) is 10.7. The van der Waals surface area contributed by atoms with Crippen LogP contribution >= 0.6 is 0 Å². The molecule has 8 nitrogen and oxygen atoms in total. The average molecular weight is 485 g/mol. The van der Waals surface area contributed by atoms with Crippen LogP contribution in [0.4, 0.5) is 18.9 Å². The zero-order valence-electron chi connectivity index (χ0n) is 18.7. The predicted octanol–water partition coefficient (Wildman–Crippen LogP) is 3.69. The van der Waals surface area contributed by atoms with Gasteiger partial charge >= 0.3 is 6.18 Å². The summed E-state index contributed by atoms with van der Waals surface area (Å²) in [4.78, 5) is 34.7. The number of aromatic nitrogens is 3. The Hall–Kier alpha value is -4.15. The number of nitrogens with two attached hydrogens (primary N) is 1. The second kappa shape index (κ2) is 9.61. The third-order valence-corrected chi connectivity index (χ3v) is 5.25. The van der Waals surface area contributed by atoms with Crippen LogP contribution in [0.2, 0.25) is 0 Å². The van der Waals surface area contributed by atoms with E-state index in [0.717, 1.165) is 29.3 Å². The van der Waals surface area contributed by atoms with Crippen molar-refractivity contribution in [3.05, 3.63) is 82.4 Å². The Labute approximate surface area is 198 Å². The minimum absolute atomic E-state index is 0.0603. The number of aryl methyl sites for hydroxylation is 1. The number of benzene rings is 1. The first-order valence-corrected chi connectivity index (χ1v) is 10.7. The topological polar surface area (TPSA) is 112 Å². The summed E-state index contributed by atoms with van der Waals surface area (Å²) >= 11 is 0. The molecule has 1 aliphatic rings. The molecule has 3 N–H and O–H groups in total. The Morgan fingerprint density at radius 2 is 2.00 bits per heavy atom. The Morgan fingerprint density at radius 1 is 1.26 bits per heavy atom. The molecule has 0 radical (unpaired) electrons. The van der Waals surface area contributed by atoms with Crippen molar-refractivity contribution in [3.63, 3.8) is 0 Å².